The second-order valence-electron chi connectivity index (χ2n) is 6.93. The lowest BCUT2D eigenvalue weighted by Gasteiger charge is -2.36. The van der Waals surface area contributed by atoms with Crippen LogP contribution < -0.4 is 10.2 Å². The van der Waals surface area contributed by atoms with Gasteiger partial charge in [-0.2, -0.15) is 0 Å². The van der Waals surface area contributed by atoms with Crippen molar-refractivity contribution in [1.29, 1.82) is 0 Å². The van der Waals surface area contributed by atoms with Crippen LogP contribution in [-0.2, 0) is 16.1 Å². The molecule has 1 aliphatic rings. The van der Waals surface area contributed by atoms with Crippen molar-refractivity contribution in [2.75, 3.05) is 23.7 Å². The van der Waals surface area contributed by atoms with E-state index in [1.807, 2.05) is 37.3 Å². The molecule has 0 bridgehead atoms. The average molecular weight is 387 g/mol. The Morgan fingerprint density at radius 2 is 1.93 bits per heavy atom. The van der Waals surface area contributed by atoms with Gasteiger partial charge in [0.15, 0.2) is 0 Å². The summed E-state index contributed by atoms with van der Waals surface area (Å²) in [6, 6.07) is 10.1. The second kappa shape index (κ2) is 9.19. The maximum Gasteiger partial charge on any atom is 0.230 e. The summed E-state index contributed by atoms with van der Waals surface area (Å²) >= 11 is 1.42. The van der Waals surface area contributed by atoms with Crippen LogP contribution in [-0.4, -0.2) is 46.9 Å². The quantitative estimate of drug-likeness (QED) is 0.608. The molecule has 1 fully saturated rings. The number of nitrogens with zero attached hydrogens (tertiary/aromatic N) is 3. The summed E-state index contributed by atoms with van der Waals surface area (Å²) in [6.07, 6.45) is 1.91. The number of carbonyl (C=O) groups is 1. The Hall–Kier alpha value is -2.12. The number of morpholine rings is 1. The number of hydrogen-bond donors (Lipinski definition) is 1. The molecule has 0 aliphatic carbocycles. The van der Waals surface area contributed by atoms with Crippen molar-refractivity contribution < 1.29 is 9.53 Å². The van der Waals surface area contributed by atoms with Crippen molar-refractivity contribution in [3.8, 4) is 0 Å². The van der Waals surface area contributed by atoms with Crippen LogP contribution >= 0.6 is 11.8 Å². The molecule has 0 saturated carbocycles. The van der Waals surface area contributed by atoms with Crippen LogP contribution in [0.2, 0.25) is 0 Å². The molecule has 0 radical (unpaired) electrons. The summed E-state index contributed by atoms with van der Waals surface area (Å²) in [5.74, 6) is 1.21. The predicted octanol–water partition coefficient (Wildman–Crippen LogP) is 2.81. The molecule has 1 aromatic carbocycles. The second-order valence-corrected chi connectivity index (χ2v) is 7.92. The standard InChI is InChI=1S/C20H26N4O2S/c1-14-4-6-17(7-5-14)9-21-19(25)12-27-20-8-18(22-13-23-20)24-10-15(2)26-16(3)11-24/h4-8,13,15-16H,9-12H2,1-3H3,(H,21,25). The number of hydrogen-bond acceptors (Lipinski definition) is 6. The van der Waals surface area contributed by atoms with Gasteiger partial charge in [0.05, 0.1) is 18.0 Å². The van der Waals surface area contributed by atoms with Crippen LogP contribution in [0.5, 0.6) is 0 Å². The van der Waals surface area contributed by atoms with E-state index in [0.29, 0.717) is 12.3 Å². The fraction of sp³-hybridized carbons (Fsp3) is 0.450. The number of amides is 1. The lowest BCUT2D eigenvalue weighted by molar-refractivity contribution is -0.118. The van der Waals surface area contributed by atoms with Gasteiger partial charge < -0.3 is 15.0 Å². The highest BCUT2D eigenvalue weighted by Crippen LogP contribution is 2.22. The zero-order valence-corrected chi connectivity index (χ0v) is 16.8. The van der Waals surface area contributed by atoms with Crippen LogP contribution in [0.15, 0.2) is 41.7 Å². The van der Waals surface area contributed by atoms with Gasteiger partial charge in [0.1, 0.15) is 17.2 Å². The number of anilines is 1. The molecule has 2 atom stereocenters. The zero-order chi connectivity index (χ0) is 19.2. The number of benzene rings is 1. The number of ether oxygens (including phenoxy) is 1. The first kappa shape index (κ1) is 19.6. The van der Waals surface area contributed by atoms with Gasteiger partial charge in [0.2, 0.25) is 5.91 Å². The minimum Gasteiger partial charge on any atom is -0.372 e. The van der Waals surface area contributed by atoms with Crippen molar-refractivity contribution in [2.45, 2.75) is 44.5 Å². The van der Waals surface area contributed by atoms with Crippen LogP contribution in [0, 0.1) is 6.92 Å². The molecule has 2 aromatic rings. The summed E-state index contributed by atoms with van der Waals surface area (Å²) in [5, 5.41) is 3.75. The number of thioether (sulfide) groups is 1. The molecule has 2 unspecified atom stereocenters. The summed E-state index contributed by atoms with van der Waals surface area (Å²) < 4.78 is 5.77. The topological polar surface area (TPSA) is 67.4 Å². The molecule has 0 spiro atoms. The van der Waals surface area contributed by atoms with E-state index in [1.54, 1.807) is 6.33 Å². The minimum atomic E-state index is -0.00523. The van der Waals surface area contributed by atoms with Gasteiger partial charge in [-0.05, 0) is 26.3 Å². The van der Waals surface area contributed by atoms with E-state index in [-0.39, 0.29) is 18.1 Å². The Morgan fingerprint density at radius 3 is 2.63 bits per heavy atom. The van der Waals surface area contributed by atoms with Gasteiger partial charge in [-0.1, -0.05) is 41.6 Å². The minimum absolute atomic E-state index is 0.00523. The van der Waals surface area contributed by atoms with Crippen molar-refractivity contribution in [1.82, 2.24) is 15.3 Å². The van der Waals surface area contributed by atoms with E-state index < -0.39 is 0 Å². The lowest BCUT2D eigenvalue weighted by Crippen LogP contribution is -2.45. The number of carbonyl (C=O) groups excluding carboxylic acids is 1. The maximum atomic E-state index is 12.1. The molecule has 1 aliphatic heterocycles. The summed E-state index contributed by atoms with van der Waals surface area (Å²) in [4.78, 5) is 23.0. The lowest BCUT2D eigenvalue weighted by atomic mass is 10.1. The molecular weight excluding hydrogens is 360 g/mol. The molecule has 1 aromatic heterocycles. The molecule has 1 saturated heterocycles. The highest BCUT2D eigenvalue weighted by atomic mass is 32.2. The smallest absolute Gasteiger partial charge is 0.230 e. The van der Waals surface area contributed by atoms with E-state index in [9.17, 15) is 4.79 Å². The first-order valence-electron chi connectivity index (χ1n) is 9.17. The van der Waals surface area contributed by atoms with E-state index >= 15 is 0 Å². The average Bonchev–Trinajstić information content (AvgIpc) is 2.65. The fourth-order valence-electron chi connectivity index (χ4n) is 3.04. The fourth-order valence-corrected chi connectivity index (χ4v) is 3.74. The van der Waals surface area contributed by atoms with Gasteiger partial charge in [0, 0.05) is 25.7 Å². The Labute approximate surface area is 164 Å². The van der Waals surface area contributed by atoms with Crippen LogP contribution in [0.4, 0.5) is 5.82 Å². The number of rotatable bonds is 6. The molecule has 7 heteroatoms. The number of aryl methyl sites for hydroxylation is 1. The first-order valence-corrected chi connectivity index (χ1v) is 10.2. The van der Waals surface area contributed by atoms with Gasteiger partial charge in [-0.25, -0.2) is 9.97 Å². The molecule has 1 N–H and O–H groups in total. The van der Waals surface area contributed by atoms with Crippen molar-refractivity contribution >= 4 is 23.5 Å². The summed E-state index contributed by atoms with van der Waals surface area (Å²) in [7, 11) is 0. The third-order valence-corrected chi connectivity index (χ3v) is 5.26. The largest absolute Gasteiger partial charge is 0.372 e. The Bertz CT molecular complexity index is 759. The molecule has 6 nitrogen and oxygen atoms in total. The molecule has 3 rings (SSSR count). The third kappa shape index (κ3) is 5.94. The maximum absolute atomic E-state index is 12.1. The SMILES string of the molecule is Cc1ccc(CNC(=O)CSc2cc(N3CC(C)OC(C)C3)ncn2)cc1. The van der Waals surface area contributed by atoms with Gasteiger partial charge >= 0.3 is 0 Å². The molecular formula is C20H26N4O2S. The molecule has 27 heavy (non-hydrogen) atoms. The van der Waals surface area contributed by atoms with Crippen molar-refractivity contribution in [3.63, 3.8) is 0 Å². The molecule has 2 heterocycles. The summed E-state index contributed by atoms with van der Waals surface area (Å²) in [6.45, 7) is 8.34. The zero-order valence-electron chi connectivity index (χ0n) is 16.0. The Morgan fingerprint density at radius 1 is 1.22 bits per heavy atom. The molecule has 1 amide bonds. The Balaban J connectivity index is 1.50. The van der Waals surface area contributed by atoms with Crippen LogP contribution in [0.3, 0.4) is 0 Å². The molecule has 144 valence electrons. The van der Waals surface area contributed by atoms with E-state index in [4.69, 9.17) is 4.74 Å². The normalized spacial score (nSPS) is 19.7. The highest BCUT2D eigenvalue weighted by molar-refractivity contribution is 7.99. The van der Waals surface area contributed by atoms with Gasteiger partial charge in [-0.3, -0.25) is 4.79 Å². The number of nitrogens with one attached hydrogen (secondary N) is 1. The Kier molecular flexibility index (Phi) is 6.68. The van der Waals surface area contributed by atoms with E-state index in [1.165, 1.54) is 17.3 Å². The van der Waals surface area contributed by atoms with Crippen LogP contribution in [0.25, 0.3) is 0 Å². The highest BCUT2D eigenvalue weighted by Gasteiger charge is 2.23. The van der Waals surface area contributed by atoms with Crippen molar-refractivity contribution in [2.24, 2.45) is 0 Å². The number of aromatic nitrogens is 2. The van der Waals surface area contributed by atoms with E-state index in [2.05, 4.69) is 34.0 Å². The van der Waals surface area contributed by atoms with Gasteiger partial charge in [0.25, 0.3) is 0 Å². The van der Waals surface area contributed by atoms with Gasteiger partial charge in [-0.15, -0.1) is 0 Å². The first-order chi connectivity index (χ1) is 13.0. The van der Waals surface area contributed by atoms with E-state index in [0.717, 1.165) is 29.5 Å². The third-order valence-electron chi connectivity index (χ3n) is 4.33. The monoisotopic (exact) mass is 386 g/mol. The van der Waals surface area contributed by atoms with Crippen LogP contribution in [0.1, 0.15) is 25.0 Å². The van der Waals surface area contributed by atoms with Crippen molar-refractivity contribution in [3.05, 3.63) is 47.8 Å². The predicted molar refractivity (Wildman–Crippen MR) is 108 cm³/mol. The summed E-state index contributed by atoms with van der Waals surface area (Å²) in [5.41, 5.74) is 2.31.